The molecule has 0 amide bonds. The molecule has 0 aliphatic heterocycles. The van der Waals surface area contributed by atoms with Gasteiger partial charge in [0, 0.05) is 11.8 Å². The highest BCUT2D eigenvalue weighted by Crippen LogP contribution is 2.83. The van der Waals surface area contributed by atoms with Gasteiger partial charge in [-0.2, -0.15) is 0 Å². The lowest BCUT2D eigenvalue weighted by Crippen LogP contribution is -2.41. The number of Topliss-reactive ketones (excluding diaryl/α,β-unsaturated/α-hetero) is 2. The van der Waals surface area contributed by atoms with Gasteiger partial charge in [-0.15, -0.1) is 0 Å². The van der Waals surface area contributed by atoms with E-state index in [4.69, 9.17) is 0 Å². The number of carbonyl (C=O) groups is 2. The second kappa shape index (κ2) is 1.83. The Morgan fingerprint density at radius 3 is 1.25 bits per heavy atom. The minimum Gasteiger partial charge on any atom is -0.291 e. The molecule has 7 rings (SSSR count). The molecule has 0 aromatic carbocycles. The highest BCUT2D eigenvalue weighted by atomic mass is 16.2. The van der Waals surface area contributed by atoms with Crippen molar-refractivity contribution < 1.29 is 9.59 Å². The predicted molar refractivity (Wildman–Crippen MR) is 54.1 cm³/mol. The second-order valence-corrected chi connectivity index (χ2v) is 7.22. The summed E-state index contributed by atoms with van der Waals surface area (Å²) in [5.74, 6) is 6.63. The van der Waals surface area contributed by atoms with Crippen molar-refractivity contribution in [2.45, 2.75) is 12.8 Å². The third-order valence-corrected chi connectivity index (χ3v) is 7.54. The summed E-state index contributed by atoms with van der Waals surface area (Å²) in [4.78, 5) is 24.6. The Labute approximate surface area is 93.8 Å². The molecule has 6 bridgehead atoms. The van der Waals surface area contributed by atoms with E-state index in [1.54, 1.807) is 0 Å². The van der Waals surface area contributed by atoms with Gasteiger partial charge in [0.05, 0.1) is 0 Å². The molecule has 0 aromatic rings. The van der Waals surface area contributed by atoms with E-state index in [0.717, 1.165) is 23.7 Å². The van der Waals surface area contributed by atoms with Gasteiger partial charge >= 0.3 is 0 Å². The number of carbonyl (C=O) groups excluding carboxylic acids is 2. The predicted octanol–water partition coefficient (Wildman–Crippen LogP) is 1.15. The Kier molecular flexibility index (Phi) is 0.872. The first kappa shape index (κ1) is 7.62. The SMILES string of the molecule is O=C1C(=O)C2C3CC4C1C1CC2C2C1C4C32. The average molecular weight is 214 g/mol. The van der Waals surface area contributed by atoms with E-state index in [9.17, 15) is 9.59 Å². The van der Waals surface area contributed by atoms with Crippen LogP contribution in [0.1, 0.15) is 12.8 Å². The monoisotopic (exact) mass is 214 g/mol. The first-order chi connectivity index (χ1) is 7.79. The minimum absolute atomic E-state index is 0.0660. The van der Waals surface area contributed by atoms with Gasteiger partial charge in [-0.05, 0) is 60.2 Å². The Bertz CT molecular complexity index is 401. The summed E-state index contributed by atoms with van der Waals surface area (Å²) in [5.41, 5.74) is 0. The summed E-state index contributed by atoms with van der Waals surface area (Å²) < 4.78 is 0. The Hall–Kier alpha value is -0.660. The van der Waals surface area contributed by atoms with Crippen molar-refractivity contribution in [1.29, 1.82) is 0 Å². The maximum absolute atomic E-state index is 12.3. The van der Waals surface area contributed by atoms with Gasteiger partial charge in [0.25, 0.3) is 0 Å². The van der Waals surface area contributed by atoms with Crippen LogP contribution in [0.25, 0.3) is 0 Å². The minimum atomic E-state index is 0.0660. The van der Waals surface area contributed by atoms with Crippen LogP contribution in [-0.4, -0.2) is 11.6 Å². The summed E-state index contributed by atoms with van der Waals surface area (Å²) >= 11 is 0. The van der Waals surface area contributed by atoms with Gasteiger partial charge in [0.1, 0.15) is 0 Å². The van der Waals surface area contributed by atoms with Gasteiger partial charge < -0.3 is 0 Å². The van der Waals surface area contributed by atoms with E-state index in [1.165, 1.54) is 12.8 Å². The van der Waals surface area contributed by atoms with E-state index < -0.39 is 0 Å². The quantitative estimate of drug-likeness (QED) is 0.567. The fourth-order valence-electron chi connectivity index (χ4n) is 7.71. The molecule has 7 aliphatic carbocycles. The van der Waals surface area contributed by atoms with E-state index in [0.29, 0.717) is 23.7 Å². The molecule has 0 heterocycles. The molecular formula is C14H14O2. The van der Waals surface area contributed by atoms with E-state index >= 15 is 0 Å². The molecule has 0 radical (unpaired) electrons. The summed E-state index contributed by atoms with van der Waals surface area (Å²) in [5, 5.41) is 0. The zero-order chi connectivity index (χ0) is 10.3. The Balaban J connectivity index is 1.75. The number of rotatable bonds is 0. The zero-order valence-electron chi connectivity index (χ0n) is 9.00. The molecular weight excluding hydrogens is 200 g/mol. The van der Waals surface area contributed by atoms with Crippen LogP contribution < -0.4 is 0 Å². The van der Waals surface area contributed by atoms with E-state index in [-0.39, 0.29) is 23.4 Å². The summed E-state index contributed by atoms with van der Waals surface area (Å²) in [6.07, 6.45) is 2.48. The van der Waals surface area contributed by atoms with Crippen molar-refractivity contribution in [3.8, 4) is 0 Å². The lowest BCUT2D eigenvalue weighted by Gasteiger charge is -2.44. The van der Waals surface area contributed by atoms with Crippen molar-refractivity contribution in [2.24, 2.45) is 59.2 Å². The molecule has 16 heavy (non-hydrogen) atoms. The van der Waals surface area contributed by atoms with Gasteiger partial charge in [-0.25, -0.2) is 0 Å². The molecule has 0 N–H and O–H groups in total. The lowest BCUT2D eigenvalue weighted by atomic mass is 9.60. The molecule has 7 aliphatic rings. The van der Waals surface area contributed by atoms with Crippen LogP contribution in [0, 0.1) is 59.2 Å². The smallest absolute Gasteiger partial charge is 0.202 e. The lowest BCUT2D eigenvalue weighted by molar-refractivity contribution is -0.142. The molecule has 4 unspecified atom stereocenters. The van der Waals surface area contributed by atoms with Crippen molar-refractivity contribution in [1.82, 2.24) is 0 Å². The molecule has 82 valence electrons. The van der Waals surface area contributed by atoms with E-state index in [1.807, 2.05) is 0 Å². The number of ketones is 2. The summed E-state index contributed by atoms with van der Waals surface area (Å²) in [7, 11) is 0. The number of hydrogen-bond acceptors (Lipinski definition) is 2. The van der Waals surface area contributed by atoms with Gasteiger partial charge in [-0.1, -0.05) is 0 Å². The third-order valence-electron chi connectivity index (χ3n) is 7.54. The van der Waals surface area contributed by atoms with Crippen molar-refractivity contribution in [2.75, 3.05) is 0 Å². The van der Waals surface area contributed by atoms with Crippen LogP contribution in [-0.2, 0) is 9.59 Å². The Morgan fingerprint density at radius 2 is 0.938 bits per heavy atom. The second-order valence-electron chi connectivity index (χ2n) is 7.22. The van der Waals surface area contributed by atoms with Gasteiger partial charge in [0.2, 0.25) is 11.6 Å². The maximum atomic E-state index is 12.3. The van der Waals surface area contributed by atoms with Gasteiger partial charge in [0.15, 0.2) is 0 Å². The fraction of sp³-hybridized carbons (Fsp3) is 0.857. The molecule has 2 heteroatoms. The topological polar surface area (TPSA) is 34.1 Å². The molecule has 7 fully saturated rings. The van der Waals surface area contributed by atoms with Crippen LogP contribution in [0.15, 0.2) is 0 Å². The first-order valence-corrected chi connectivity index (χ1v) is 6.87. The highest BCUT2D eigenvalue weighted by molar-refractivity contribution is 6.39. The van der Waals surface area contributed by atoms with Gasteiger partial charge in [-0.3, -0.25) is 9.59 Å². The normalized spacial score (nSPS) is 75.2. The zero-order valence-corrected chi connectivity index (χ0v) is 9.00. The van der Waals surface area contributed by atoms with E-state index in [2.05, 4.69) is 0 Å². The highest BCUT2D eigenvalue weighted by Gasteiger charge is 2.82. The molecule has 4 atom stereocenters. The van der Waals surface area contributed by atoms with Crippen molar-refractivity contribution in [3.63, 3.8) is 0 Å². The van der Waals surface area contributed by atoms with Crippen LogP contribution in [0.3, 0.4) is 0 Å². The first-order valence-electron chi connectivity index (χ1n) is 6.87. The van der Waals surface area contributed by atoms with Crippen LogP contribution in [0.4, 0.5) is 0 Å². The summed E-state index contributed by atoms with van der Waals surface area (Å²) in [6, 6.07) is 0. The summed E-state index contributed by atoms with van der Waals surface area (Å²) in [6.45, 7) is 0. The van der Waals surface area contributed by atoms with Crippen molar-refractivity contribution in [3.05, 3.63) is 0 Å². The standard InChI is InChI=1S/C14H14O2/c15-13-7-3-1-4-8(14(13)16)6-2-5(7)11-9(3)10(4)12(6)11/h3-12H,1-2H2. The molecule has 0 aromatic heterocycles. The third kappa shape index (κ3) is 0.448. The van der Waals surface area contributed by atoms with Crippen molar-refractivity contribution >= 4 is 11.6 Å². The maximum Gasteiger partial charge on any atom is 0.202 e. The molecule has 0 spiro atoms. The number of hydrogen-bond donors (Lipinski definition) is 0. The average Bonchev–Trinajstić information content (AvgIpc) is 2.72. The molecule has 2 nitrogen and oxygen atoms in total. The molecule has 0 saturated heterocycles. The fourth-order valence-corrected chi connectivity index (χ4v) is 7.71. The van der Waals surface area contributed by atoms with Crippen LogP contribution >= 0.6 is 0 Å². The van der Waals surface area contributed by atoms with Crippen LogP contribution in [0.2, 0.25) is 0 Å². The van der Waals surface area contributed by atoms with Crippen LogP contribution in [0.5, 0.6) is 0 Å². The largest absolute Gasteiger partial charge is 0.291 e. The molecule has 7 saturated carbocycles. The Morgan fingerprint density at radius 1 is 0.625 bits per heavy atom. The number of fused-ring (bicyclic) bond motifs is 1.